The summed E-state index contributed by atoms with van der Waals surface area (Å²) in [5, 5.41) is 7.43. The van der Waals surface area contributed by atoms with Gasteiger partial charge in [0, 0.05) is 44.7 Å². The maximum absolute atomic E-state index is 4.96. The number of nitrogens with one attached hydrogen (secondary N) is 2. The molecule has 1 aliphatic carbocycles. The van der Waals surface area contributed by atoms with Crippen molar-refractivity contribution in [1.82, 2.24) is 24.8 Å². The monoisotopic (exact) mass is 521 g/mol. The van der Waals surface area contributed by atoms with Crippen molar-refractivity contribution in [3.63, 3.8) is 0 Å². The summed E-state index contributed by atoms with van der Waals surface area (Å²) in [6.07, 6.45) is 9.12. The van der Waals surface area contributed by atoms with Gasteiger partial charge in [-0.1, -0.05) is 61.5 Å². The first-order valence-electron chi connectivity index (χ1n) is 14.5. The third-order valence-electron chi connectivity index (χ3n) is 8.23. The molecule has 2 aliphatic rings. The van der Waals surface area contributed by atoms with Crippen LogP contribution < -0.4 is 15.5 Å². The van der Waals surface area contributed by atoms with Crippen LogP contribution in [-0.2, 0) is 19.4 Å². The van der Waals surface area contributed by atoms with Crippen molar-refractivity contribution in [3.8, 4) is 0 Å². The molecule has 7 heteroatoms. The molecule has 6 rings (SSSR count). The molecule has 0 unspecified atom stereocenters. The number of imidazole rings is 1. The van der Waals surface area contributed by atoms with Gasteiger partial charge in [-0.3, -0.25) is 0 Å². The normalized spacial score (nSPS) is 16.1. The molecule has 3 heterocycles. The summed E-state index contributed by atoms with van der Waals surface area (Å²) < 4.78 is 2.04. The van der Waals surface area contributed by atoms with E-state index in [1.165, 1.54) is 22.3 Å². The molecule has 2 aromatic carbocycles. The number of rotatable bonds is 9. The van der Waals surface area contributed by atoms with Gasteiger partial charge < -0.3 is 20.1 Å². The molecule has 0 atom stereocenters. The second kappa shape index (κ2) is 11.6. The van der Waals surface area contributed by atoms with Crippen molar-refractivity contribution in [2.24, 2.45) is 0 Å². The van der Waals surface area contributed by atoms with Crippen molar-refractivity contribution in [2.75, 3.05) is 36.4 Å². The van der Waals surface area contributed by atoms with Crippen LogP contribution in [-0.4, -0.2) is 51.7 Å². The Balaban J connectivity index is 1.16. The number of nitrogens with zero attached hydrogens (tertiary/aromatic N) is 5. The van der Waals surface area contributed by atoms with Gasteiger partial charge in [0.05, 0.1) is 6.33 Å². The first-order chi connectivity index (χ1) is 19.2. The Bertz CT molecular complexity index is 1390. The van der Waals surface area contributed by atoms with Crippen LogP contribution in [0.4, 0.5) is 11.8 Å². The average molecular weight is 522 g/mol. The maximum atomic E-state index is 4.96. The van der Waals surface area contributed by atoms with Crippen molar-refractivity contribution < 1.29 is 0 Å². The summed E-state index contributed by atoms with van der Waals surface area (Å²) in [5.41, 5.74) is 7.64. The largest absolute Gasteiger partial charge is 0.368 e. The molecule has 0 saturated carbocycles. The maximum Gasteiger partial charge on any atom is 0.229 e. The second-order valence-electron chi connectivity index (χ2n) is 10.8. The summed E-state index contributed by atoms with van der Waals surface area (Å²) in [6.45, 7) is 10.4. The number of aryl methyl sites for hydroxylation is 2. The van der Waals surface area contributed by atoms with Crippen LogP contribution in [0.5, 0.6) is 0 Å². The van der Waals surface area contributed by atoms with Gasteiger partial charge in [-0.05, 0) is 54.4 Å². The molecule has 39 heavy (non-hydrogen) atoms. The standard InChI is InChI=1S/C32H39N7/c1-3-17-33-30-29-31(39(18-4-2)22-35-29)37-32(36-30)38-19-15-25(16-20-38)34-21-28-26-11-7-5-9-23(26)13-14-24-10-6-8-12-27(24)28/h4-12,22,25,28,34H,2-3,13-21H2,1H3,(H,33,36,37). The van der Waals surface area contributed by atoms with E-state index in [1.807, 2.05) is 17.0 Å². The Morgan fingerprint density at radius 3 is 2.33 bits per heavy atom. The van der Waals surface area contributed by atoms with Crippen LogP contribution in [0.25, 0.3) is 11.2 Å². The molecule has 0 amide bonds. The van der Waals surface area contributed by atoms with Crippen LogP contribution in [0, 0.1) is 0 Å². The number of fused-ring (bicyclic) bond motifs is 3. The highest BCUT2D eigenvalue weighted by molar-refractivity contribution is 5.84. The predicted molar refractivity (Wildman–Crippen MR) is 160 cm³/mol. The van der Waals surface area contributed by atoms with Gasteiger partial charge in [-0.15, -0.1) is 6.58 Å². The zero-order chi connectivity index (χ0) is 26.6. The number of piperidine rings is 1. The number of benzene rings is 2. The molecule has 202 valence electrons. The first-order valence-corrected chi connectivity index (χ1v) is 14.5. The van der Waals surface area contributed by atoms with Gasteiger partial charge in [0.1, 0.15) is 0 Å². The van der Waals surface area contributed by atoms with E-state index in [0.717, 1.165) is 81.2 Å². The third-order valence-corrected chi connectivity index (χ3v) is 8.23. The van der Waals surface area contributed by atoms with E-state index in [-0.39, 0.29) is 0 Å². The Morgan fingerprint density at radius 1 is 0.974 bits per heavy atom. The lowest BCUT2D eigenvalue weighted by Gasteiger charge is -2.33. The lowest BCUT2D eigenvalue weighted by molar-refractivity contribution is 0.407. The van der Waals surface area contributed by atoms with Crippen LogP contribution in [0.15, 0.2) is 67.5 Å². The number of hydrogen-bond donors (Lipinski definition) is 2. The van der Waals surface area contributed by atoms with Crippen molar-refractivity contribution in [2.45, 2.75) is 57.5 Å². The summed E-state index contributed by atoms with van der Waals surface area (Å²) >= 11 is 0. The highest BCUT2D eigenvalue weighted by Crippen LogP contribution is 2.34. The molecule has 2 N–H and O–H groups in total. The summed E-state index contributed by atoms with van der Waals surface area (Å²) in [6, 6.07) is 18.5. The van der Waals surface area contributed by atoms with Crippen LogP contribution in [0.2, 0.25) is 0 Å². The van der Waals surface area contributed by atoms with Crippen LogP contribution in [0.3, 0.4) is 0 Å². The number of aromatic nitrogens is 4. The molecule has 7 nitrogen and oxygen atoms in total. The molecule has 1 aliphatic heterocycles. The summed E-state index contributed by atoms with van der Waals surface area (Å²) in [7, 11) is 0. The molecule has 1 saturated heterocycles. The minimum Gasteiger partial charge on any atom is -0.368 e. The first kappa shape index (κ1) is 25.6. The quantitative estimate of drug-likeness (QED) is 0.291. The van der Waals surface area contributed by atoms with E-state index >= 15 is 0 Å². The Morgan fingerprint density at radius 2 is 1.67 bits per heavy atom. The minimum atomic E-state index is 0.390. The Labute approximate surface area is 231 Å². The van der Waals surface area contributed by atoms with Gasteiger partial charge in [0.15, 0.2) is 17.0 Å². The fraction of sp³-hybridized carbons (Fsp3) is 0.406. The number of allylic oxidation sites excluding steroid dienone is 1. The average Bonchev–Trinajstić information content (AvgIpc) is 3.31. The number of anilines is 2. The van der Waals surface area contributed by atoms with Crippen molar-refractivity contribution in [1.29, 1.82) is 0 Å². The highest BCUT2D eigenvalue weighted by Gasteiger charge is 2.27. The van der Waals surface area contributed by atoms with E-state index in [1.54, 1.807) is 0 Å². The van der Waals surface area contributed by atoms with E-state index in [2.05, 4.69) is 82.6 Å². The molecular formula is C32H39N7. The minimum absolute atomic E-state index is 0.390. The lowest BCUT2D eigenvalue weighted by Crippen LogP contribution is -2.44. The SMILES string of the molecule is C=CCn1cnc2c(NCCC)nc(N3CCC(NCC4c5ccccc5CCc5ccccc54)CC3)nc21. The van der Waals surface area contributed by atoms with E-state index in [4.69, 9.17) is 9.97 Å². The van der Waals surface area contributed by atoms with Gasteiger partial charge in [0.2, 0.25) is 5.95 Å². The van der Waals surface area contributed by atoms with Gasteiger partial charge in [-0.2, -0.15) is 9.97 Å². The van der Waals surface area contributed by atoms with Gasteiger partial charge in [0.25, 0.3) is 0 Å². The number of hydrogen-bond acceptors (Lipinski definition) is 6. The van der Waals surface area contributed by atoms with E-state index in [9.17, 15) is 0 Å². The molecule has 1 fully saturated rings. The topological polar surface area (TPSA) is 70.9 Å². The van der Waals surface area contributed by atoms with Crippen molar-refractivity contribution >= 4 is 22.9 Å². The molecule has 0 bridgehead atoms. The van der Waals surface area contributed by atoms with Crippen LogP contribution in [0.1, 0.15) is 54.4 Å². The summed E-state index contributed by atoms with van der Waals surface area (Å²) in [5.74, 6) is 2.00. The second-order valence-corrected chi connectivity index (χ2v) is 10.8. The molecule has 0 spiro atoms. The van der Waals surface area contributed by atoms with Gasteiger partial charge >= 0.3 is 0 Å². The molecule has 0 radical (unpaired) electrons. The highest BCUT2D eigenvalue weighted by atomic mass is 15.3. The molecule has 2 aromatic heterocycles. The Hall–Kier alpha value is -3.71. The van der Waals surface area contributed by atoms with E-state index < -0.39 is 0 Å². The van der Waals surface area contributed by atoms with E-state index in [0.29, 0.717) is 18.5 Å². The predicted octanol–water partition coefficient (Wildman–Crippen LogP) is 5.32. The molecular weight excluding hydrogens is 482 g/mol. The fourth-order valence-electron chi connectivity index (χ4n) is 6.14. The Kier molecular flexibility index (Phi) is 7.59. The fourth-order valence-corrected chi connectivity index (χ4v) is 6.14. The van der Waals surface area contributed by atoms with Crippen LogP contribution >= 0.6 is 0 Å². The third kappa shape index (κ3) is 5.28. The molecule has 4 aromatic rings. The zero-order valence-corrected chi connectivity index (χ0v) is 22.9. The lowest BCUT2D eigenvalue weighted by atomic mass is 9.87. The zero-order valence-electron chi connectivity index (χ0n) is 22.9. The smallest absolute Gasteiger partial charge is 0.229 e. The van der Waals surface area contributed by atoms with Gasteiger partial charge in [-0.25, -0.2) is 4.98 Å². The summed E-state index contributed by atoms with van der Waals surface area (Å²) in [4.78, 5) is 16.8. The van der Waals surface area contributed by atoms with Crippen molar-refractivity contribution in [3.05, 3.63) is 89.8 Å².